The molecule has 3 aromatic carbocycles. The summed E-state index contributed by atoms with van der Waals surface area (Å²) in [6.45, 7) is 21.8. The molecule has 23 nitrogen and oxygen atoms in total. The number of carbonyl (C=O) groups excluding carboxylic acids is 4. The van der Waals surface area contributed by atoms with Crippen LogP contribution in [-0.2, 0) is 93.9 Å². The molecule has 29 heteroatoms. The van der Waals surface area contributed by atoms with Gasteiger partial charge in [0, 0.05) is 43.4 Å². The number of ether oxygens (including phenoxy) is 17. The predicted octanol–water partition coefficient (Wildman–Crippen LogP) is 13.1. The zero-order valence-electron chi connectivity index (χ0n) is 58.7. The van der Waals surface area contributed by atoms with Crippen LogP contribution < -0.4 is 20.1 Å². The van der Waals surface area contributed by atoms with E-state index >= 15 is 0 Å². The third-order valence-electron chi connectivity index (χ3n) is 19.5. The SMILES string of the molecule is CCC1O[C@@H](OC2[C@@H](Oc3ccc(OC)cc3)OC(CC)[C@@H](O[C@@H]3OC(CC)[C@@H](O[C@@H]4OC(COCc5ccccc5)[C@H](C)[C@H](C)C4OC(C)=O)[C@H](C)C3NC(=O)OCC(Cl)(Cl)Cl)[C@@H]2C)C(NC(=O)OCC(Cl)(Cl)Cl)[C@@H](C)[C@@H]1O[C@@H]1OC(COCc2ccccc2)[C@H](C)[C@H](C)C1OC(C)=O. The topological polar surface area (TPSA) is 249 Å². The fourth-order valence-electron chi connectivity index (χ4n) is 13.5. The Morgan fingerprint density at radius 2 is 0.770 bits per heavy atom. The molecule has 0 spiro atoms. The Morgan fingerprint density at radius 3 is 1.14 bits per heavy atom. The molecule has 0 aliphatic carbocycles. The van der Waals surface area contributed by atoms with Crippen LogP contribution in [0.2, 0.25) is 0 Å². The Labute approximate surface area is 616 Å². The van der Waals surface area contributed by atoms with Gasteiger partial charge in [-0.3, -0.25) is 9.59 Å². The lowest BCUT2D eigenvalue weighted by Crippen LogP contribution is -2.67. The number of methoxy groups -OCH3 is 1. The molecule has 2 amide bonds. The number of hydrogen-bond donors (Lipinski definition) is 2. The number of amides is 2. The van der Waals surface area contributed by atoms with Gasteiger partial charge in [-0.1, -0.05) is 200 Å². The van der Waals surface area contributed by atoms with Crippen molar-refractivity contribution in [3.63, 3.8) is 0 Å². The number of halogens is 6. The summed E-state index contributed by atoms with van der Waals surface area (Å²) in [7, 11) is 1.55. The van der Waals surface area contributed by atoms with Gasteiger partial charge in [-0.25, -0.2) is 9.59 Å². The zero-order chi connectivity index (χ0) is 72.8. The fraction of sp³-hybridized carbons (Fsp3) is 0.690. The molecule has 0 bridgehead atoms. The minimum Gasteiger partial charge on any atom is -0.497 e. The van der Waals surface area contributed by atoms with Gasteiger partial charge in [0.1, 0.15) is 30.8 Å². The van der Waals surface area contributed by atoms with Crippen LogP contribution in [0.15, 0.2) is 84.9 Å². The summed E-state index contributed by atoms with van der Waals surface area (Å²) in [4.78, 5) is 53.9. The molecule has 2 N–H and O–H groups in total. The minimum atomic E-state index is -1.98. The highest BCUT2D eigenvalue weighted by molar-refractivity contribution is 6.68. The van der Waals surface area contributed by atoms with Crippen LogP contribution in [-0.4, -0.2) is 176 Å². The molecule has 5 aliphatic heterocycles. The quantitative estimate of drug-likeness (QED) is 0.0389. The highest BCUT2D eigenvalue weighted by Crippen LogP contribution is 2.44. The number of carbonyl (C=O) groups is 4. The summed E-state index contributed by atoms with van der Waals surface area (Å²) in [6.07, 6.45) is -15.8. The lowest BCUT2D eigenvalue weighted by atomic mass is 9.83. The summed E-state index contributed by atoms with van der Waals surface area (Å²) in [5.41, 5.74) is 1.97. The monoisotopic (exact) mass is 1520 g/mol. The van der Waals surface area contributed by atoms with Crippen LogP contribution in [0.25, 0.3) is 0 Å². The first-order valence-corrected chi connectivity index (χ1v) is 36.5. The van der Waals surface area contributed by atoms with Gasteiger partial charge in [-0.05, 0) is 66.5 Å². The van der Waals surface area contributed by atoms with Gasteiger partial charge in [0.25, 0.3) is 0 Å². The number of alkyl halides is 6. The Kier molecular flexibility index (Phi) is 30.9. The molecule has 25 atom stereocenters. The second-order valence-corrected chi connectivity index (χ2v) is 31.6. The Hall–Kier alpha value is -3.96. The molecule has 5 saturated heterocycles. The highest BCUT2D eigenvalue weighted by Gasteiger charge is 2.57. The van der Waals surface area contributed by atoms with E-state index in [0.717, 1.165) is 11.1 Å². The lowest BCUT2D eigenvalue weighted by molar-refractivity contribution is -0.366. The molecule has 100 heavy (non-hydrogen) atoms. The number of hydrogen-bond acceptors (Lipinski definition) is 21. The van der Waals surface area contributed by atoms with E-state index in [1.807, 2.05) is 130 Å². The highest BCUT2D eigenvalue weighted by atomic mass is 35.6. The minimum absolute atomic E-state index is 0.143. The van der Waals surface area contributed by atoms with Crippen molar-refractivity contribution in [3.8, 4) is 11.5 Å². The Bertz CT molecular complexity index is 3020. The third-order valence-corrected chi connectivity index (χ3v) is 20.1. The molecule has 0 radical (unpaired) electrons. The van der Waals surface area contributed by atoms with Crippen molar-refractivity contribution < 1.29 is 99.7 Å². The standard InChI is InChI=1S/C71H98Cl6N2O21/c1-14-50-57(98-66-60(89-44(11)80)39(6)37(4)53(95-66)33-85-31-46-23-19-17-20-24-46)41(8)55(78-68(82)87-35-70(72,73)74)63(92-50)97-59-43(10)62(65(94-52(59)16-3)91-49-29-27-48(84-13)28-30-49)100-64-56(79-69(83)88-36-71(75,76)77)42(9)58(51(15-2)93-64)99-67-61(90-45(12)81)40(7)38(5)54(96-67)34-86-32-47-25-21-18-22-26-47/h17-30,37-43,50-67H,14-16,31-36H2,1-13H3,(H,78,82)(H,79,83)/t37-,38-,39+,40+,41-,42-,43+,50?,51?,52?,53?,54?,55?,56?,57+,58+,59+,60?,61?,62?,63+,64+,65+,66+,67+/m1/s1. The Balaban J connectivity index is 1.12. The van der Waals surface area contributed by atoms with E-state index in [2.05, 4.69) is 10.6 Å². The number of benzene rings is 3. The van der Waals surface area contributed by atoms with E-state index in [1.54, 1.807) is 31.4 Å². The first-order valence-electron chi connectivity index (χ1n) is 34.3. The summed E-state index contributed by atoms with van der Waals surface area (Å²) in [6, 6.07) is 24.2. The van der Waals surface area contributed by atoms with Gasteiger partial charge < -0.3 is 91.2 Å². The Morgan fingerprint density at radius 1 is 0.420 bits per heavy atom. The van der Waals surface area contributed by atoms with Gasteiger partial charge >= 0.3 is 24.1 Å². The first kappa shape index (κ1) is 81.7. The summed E-state index contributed by atoms with van der Waals surface area (Å²) >= 11 is 36.7. The largest absolute Gasteiger partial charge is 0.497 e. The van der Waals surface area contributed by atoms with Crippen LogP contribution in [0.4, 0.5) is 9.59 Å². The maximum atomic E-state index is 14.1. The van der Waals surface area contributed by atoms with Crippen molar-refractivity contribution in [2.75, 3.05) is 33.5 Å². The van der Waals surface area contributed by atoms with Crippen LogP contribution >= 0.6 is 69.6 Å². The van der Waals surface area contributed by atoms with Gasteiger partial charge in [-0.2, -0.15) is 0 Å². The maximum Gasteiger partial charge on any atom is 0.407 e. The van der Waals surface area contributed by atoms with E-state index in [9.17, 15) is 19.2 Å². The average molecular weight is 1530 g/mol. The van der Waals surface area contributed by atoms with E-state index in [4.69, 9.17) is 150 Å². The van der Waals surface area contributed by atoms with Crippen LogP contribution in [0.1, 0.15) is 113 Å². The first-order chi connectivity index (χ1) is 47.5. The number of alkyl carbamates (subject to hydrolysis) is 2. The van der Waals surface area contributed by atoms with Crippen molar-refractivity contribution in [1.29, 1.82) is 0 Å². The van der Waals surface area contributed by atoms with Crippen molar-refractivity contribution in [2.45, 2.75) is 234 Å². The average Bonchev–Trinajstić information content (AvgIpc) is 0.772. The number of nitrogens with one attached hydrogen (secondary N) is 2. The number of esters is 2. The van der Waals surface area contributed by atoms with Crippen molar-refractivity contribution in [1.82, 2.24) is 10.6 Å². The van der Waals surface area contributed by atoms with E-state index in [1.165, 1.54) is 13.8 Å². The van der Waals surface area contributed by atoms with Crippen molar-refractivity contribution in [2.24, 2.45) is 41.4 Å². The lowest BCUT2D eigenvalue weighted by Gasteiger charge is -2.52. The van der Waals surface area contributed by atoms with Gasteiger partial charge in [0.05, 0.1) is 94.5 Å². The van der Waals surface area contributed by atoms with Crippen LogP contribution in [0.5, 0.6) is 11.5 Å². The van der Waals surface area contributed by atoms with Crippen molar-refractivity contribution >= 4 is 93.7 Å². The molecular weight excluding hydrogens is 1430 g/mol. The van der Waals surface area contributed by atoms with E-state index in [-0.39, 0.29) is 36.9 Å². The summed E-state index contributed by atoms with van der Waals surface area (Å²) in [5, 5.41) is 5.87. The van der Waals surface area contributed by atoms with E-state index < -0.39 is 173 Å². The molecule has 5 aliphatic rings. The summed E-state index contributed by atoms with van der Waals surface area (Å²) in [5.74, 6) is -3.09. The molecule has 8 rings (SSSR count). The molecule has 3 aromatic rings. The molecule has 0 aromatic heterocycles. The zero-order valence-corrected chi connectivity index (χ0v) is 63.3. The smallest absolute Gasteiger partial charge is 0.407 e. The number of rotatable bonds is 28. The second-order valence-electron chi connectivity index (χ2n) is 26.5. The second kappa shape index (κ2) is 37.8. The normalized spacial score (nSPS) is 34.8. The fourth-order valence-corrected chi connectivity index (χ4v) is 13.8. The predicted molar refractivity (Wildman–Crippen MR) is 372 cm³/mol. The molecule has 5 fully saturated rings. The van der Waals surface area contributed by atoms with Gasteiger partial charge in [-0.15, -0.1) is 0 Å². The molecule has 10 unspecified atom stereocenters. The summed E-state index contributed by atoms with van der Waals surface area (Å²) < 4.78 is 107. The molecule has 5 heterocycles. The van der Waals surface area contributed by atoms with Gasteiger partial charge in [0.15, 0.2) is 37.4 Å². The van der Waals surface area contributed by atoms with Crippen molar-refractivity contribution in [3.05, 3.63) is 96.1 Å². The third kappa shape index (κ3) is 22.5. The van der Waals surface area contributed by atoms with Gasteiger partial charge in [0.2, 0.25) is 13.9 Å². The van der Waals surface area contributed by atoms with Crippen LogP contribution in [0, 0.1) is 41.4 Å². The molecule has 560 valence electrons. The van der Waals surface area contributed by atoms with Crippen LogP contribution in [0.3, 0.4) is 0 Å². The van der Waals surface area contributed by atoms with E-state index in [0.29, 0.717) is 44.0 Å². The maximum absolute atomic E-state index is 14.1. The molecule has 0 saturated carbocycles. The molecular formula is C71H98Cl6N2O21.